The Kier molecular flexibility index (Phi) is 3.44. The number of nitrogens with zero attached hydrogens (tertiary/aromatic N) is 4. The van der Waals surface area contributed by atoms with Crippen LogP contribution >= 0.6 is 0 Å². The fraction of sp³-hybridized carbons (Fsp3) is 0.357. The minimum Gasteiger partial charge on any atom is -0.372 e. The maximum atomic E-state index is 13.2. The summed E-state index contributed by atoms with van der Waals surface area (Å²) in [6.45, 7) is 1.06. The molecule has 1 aromatic heterocycles. The number of nitriles is 1. The van der Waals surface area contributed by atoms with Crippen molar-refractivity contribution in [3.63, 3.8) is 0 Å². The molecule has 1 fully saturated rings. The molecule has 0 N–H and O–H groups in total. The van der Waals surface area contributed by atoms with E-state index in [1.807, 2.05) is 12.1 Å². The van der Waals surface area contributed by atoms with Crippen LogP contribution in [-0.2, 0) is 11.3 Å². The zero-order chi connectivity index (χ0) is 13.9. The molecule has 5 nitrogen and oxygen atoms in total. The Labute approximate surface area is 115 Å². The molecule has 0 bridgehead atoms. The first-order valence-electron chi connectivity index (χ1n) is 6.47. The van der Waals surface area contributed by atoms with E-state index in [0.29, 0.717) is 18.8 Å². The van der Waals surface area contributed by atoms with E-state index in [4.69, 9.17) is 10.00 Å². The molecule has 2 heterocycles. The summed E-state index contributed by atoms with van der Waals surface area (Å²) >= 11 is 0. The van der Waals surface area contributed by atoms with E-state index >= 15 is 0 Å². The molecule has 1 unspecified atom stereocenters. The minimum absolute atomic E-state index is 0.145. The largest absolute Gasteiger partial charge is 0.372 e. The lowest BCUT2D eigenvalue weighted by Crippen LogP contribution is -2.11. The first kappa shape index (κ1) is 12.8. The fourth-order valence-electron chi connectivity index (χ4n) is 2.44. The predicted molar refractivity (Wildman–Crippen MR) is 68.2 cm³/mol. The molecule has 102 valence electrons. The average Bonchev–Trinajstić information content (AvgIpc) is 3.07. The Morgan fingerprint density at radius 2 is 2.40 bits per heavy atom. The molecule has 1 aliphatic rings. The van der Waals surface area contributed by atoms with Gasteiger partial charge in [0.25, 0.3) is 0 Å². The molecule has 1 aromatic carbocycles. The van der Waals surface area contributed by atoms with Gasteiger partial charge in [-0.3, -0.25) is 0 Å². The molecule has 1 saturated heterocycles. The maximum absolute atomic E-state index is 13.2. The van der Waals surface area contributed by atoms with Gasteiger partial charge in [-0.1, -0.05) is 17.3 Å². The summed E-state index contributed by atoms with van der Waals surface area (Å²) in [5.41, 5.74) is 1.75. The number of hydrogen-bond acceptors (Lipinski definition) is 4. The molecule has 0 spiro atoms. The first-order chi connectivity index (χ1) is 9.78. The number of hydrogen-bond donors (Lipinski definition) is 0. The molecule has 0 radical (unpaired) electrons. The van der Waals surface area contributed by atoms with Crippen LogP contribution in [0.25, 0.3) is 0 Å². The lowest BCUT2D eigenvalue weighted by Gasteiger charge is -2.12. The third-order valence-corrected chi connectivity index (χ3v) is 3.34. The predicted octanol–water partition coefficient (Wildman–Crippen LogP) is 2.19. The zero-order valence-electron chi connectivity index (χ0n) is 10.8. The standard InChI is InChI=1S/C14H13FN4O/c15-11-4-1-3-10(7-11)9-19-14(12(8-16)17-18-19)13-5-2-6-20-13/h1,3-4,7,13H,2,5-6,9H2. The van der Waals surface area contributed by atoms with Gasteiger partial charge in [0.1, 0.15) is 23.7 Å². The van der Waals surface area contributed by atoms with Gasteiger partial charge in [0.15, 0.2) is 5.69 Å². The lowest BCUT2D eigenvalue weighted by atomic mass is 10.1. The molecule has 6 heteroatoms. The Morgan fingerprint density at radius 3 is 3.10 bits per heavy atom. The van der Waals surface area contributed by atoms with E-state index in [9.17, 15) is 4.39 Å². The van der Waals surface area contributed by atoms with Crippen LogP contribution in [0.2, 0.25) is 0 Å². The van der Waals surface area contributed by atoms with Gasteiger partial charge in [-0.25, -0.2) is 9.07 Å². The van der Waals surface area contributed by atoms with Gasteiger partial charge in [-0.05, 0) is 30.5 Å². The maximum Gasteiger partial charge on any atom is 0.188 e. The highest BCUT2D eigenvalue weighted by Gasteiger charge is 2.26. The van der Waals surface area contributed by atoms with Crippen LogP contribution in [0.4, 0.5) is 4.39 Å². The van der Waals surface area contributed by atoms with Gasteiger partial charge in [0, 0.05) is 6.61 Å². The normalized spacial score (nSPS) is 18.1. The second-order valence-corrected chi connectivity index (χ2v) is 4.72. The molecule has 2 aromatic rings. The van der Waals surface area contributed by atoms with Crippen molar-refractivity contribution < 1.29 is 9.13 Å². The minimum atomic E-state index is -0.290. The average molecular weight is 272 g/mol. The quantitative estimate of drug-likeness (QED) is 0.859. The molecule has 0 aliphatic carbocycles. The van der Waals surface area contributed by atoms with Crippen LogP contribution in [0.5, 0.6) is 0 Å². The molecule has 0 amide bonds. The van der Waals surface area contributed by atoms with E-state index < -0.39 is 0 Å². The molecule has 1 atom stereocenters. The Balaban J connectivity index is 1.93. The van der Waals surface area contributed by atoms with Crippen LogP contribution in [0.1, 0.15) is 35.9 Å². The summed E-state index contributed by atoms with van der Waals surface area (Å²) in [7, 11) is 0. The third-order valence-electron chi connectivity index (χ3n) is 3.34. The van der Waals surface area contributed by atoms with Crippen molar-refractivity contribution in [3.05, 3.63) is 47.0 Å². The van der Waals surface area contributed by atoms with Crippen LogP contribution in [0.15, 0.2) is 24.3 Å². The van der Waals surface area contributed by atoms with Crippen molar-refractivity contribution >= 4 is 0 Å². The van der Waals surface area contributed by atoms with Crippen molar-refractivity contribution in [3.8, 4) is 6.07 Å². The zero-order valence-corrected chi connectivity index (χ0v) is 10.8. The molecule has 20 heavy (non-hydrogen) atoms. The molecular formula is C14H13FN4O. The van der Waals surface area contributed by atoms with Crippen molar-refractivity contribution in [2.24, 2.45) is 0 Å². The molecular weight excluding hydrogens is 259 g/mol. The summed E-state index contributed by atoms with van der Waals surface area (Å²) < 4.78 is 20.5. The smallest absolute Gasteiger partial charge is 0.188 e. The summed E-state index contributed by atoms with van der Waals surface area (Å²) in [6, 6.07) is 8.36. The Hall–Kier alpha value is -2.26. The summed E-state index contributed by atoms with van der Waals surface area (Å²) in [4.78, 5) is 0. The summed E-state index contributed by atoms with van der Waals surface area (Å²) in [6.07, 6.45) is 1.67. The van der Waals surface area contributed by atoms with Gasteiger partial charge >= 0.3 is 0 Å². The number of halogens is 1. The molecule has 1 aliphatic heterocycles. The van der Waals surface area contributed by atoms with Gasteiger partial charge in [0.05, 0.1) is 6.54 Å². The van der Waals surface area contributed by atoms with E-state index in [-0.39, 0.29) is 17.6 Å². The molecule has 0 saturated carbocycles. The highest BCUT2D eigenvalue weighted by Crippen LogP contribution is 2.30. The van der Waals surface area contributed by atoms with Crippen LogP contribution in [-0.4, -0.2) is 21.6 Å². The topological polar surface area (TPSA) is 63.7 Å². The van der Waals surface area contributed by atoms with Crippen molar-refractivity contribution in [1.82, 2.24) is 15.0 Å². The van der Waals surface area contributed by atoms with Gasteiger partial charge in [-0.2, -0.15) is 5.26 Å². The fourth-order valence-corrected chi connectivity index (χ4v) is 2.44. The van der Waals surface area contributed by atoms with E-state index in [1.165, 1.54) is 12.1 Å². The second kappa shape index (κ2) is 5.39. The van der Waals surface area contributed by atoms with Gasteiger partial charge in [-0.15, -0.1) is 5.10 Å². The van der Waals surface area contributed by atoms with Gasteiger partial charge in [0.2, 0.25) is 0 Å². The van der Waals surface area contributed by atoms with Crippen LogP contribution in [0.3, 0.4) is 0 Å². The van der Waals surface area contributed by atoms with Crippen LogP contribution < -0.4 is 0 Å². The lowest BCUT2D eigenvalue weighted by molar-refractivity contribution is 0.104. The van der Waals surface area contributed by atoms with Gasteiger partial charge < -0.3 is 4.74 Å². The van der Waals surface area contributed by atoms with E-state index in [2.05, 4.69) is 10.3 Å². The molecule has 3 rings (SSSR count). The Morgan fingerprint density at radius 1 is 1.50 bits per heavy atom. The Bertz CT molecular complexity index is 655. The second-order valence-electron chi connectivity index (χ2n) is 4.72. The van der Waals surface area contributed by atoms with Crippen LogP contribution in [0, 0.1) is 17.1 Å². The highest BCUT2D eigenvalue weighted by atomic mass is 19.1. The van der Waals surface area contributed by atoms with E-state index in [0.717, 1.165) is 18.4 Å². The highest BCUT2D eigenvalue weighted by molar-refractivity contribution is 5.28. The number of benzene rings is 1. The summed E-state index contributed by atoms with van der Waals surface area (Å²) in [5.74, 6) is -0.290. The number of aromatic nitrogens is 3. The first-order valence-corrected chi connectivity index (χ1v) is 6.47. The summed E-state index contributed by atoms with van der Waals surface area (Å²) in [5, 5.41) is 17.0. The number of rotatable bonds is 3. The monoisotopic (exact) mass is 272 g/mol. The third kappa shape index (κ3) is 2.40. The van der Waals surface area contributed by atoms with Crippen molar-refractivity contribution in [1.29, 1.82) is 5.26 Å². The number of ether oxygens (including phenoxy) is 1. The van der Waals surface area contributed by atoms with Crippen molar-refractivity contribution in [2.75, 3.05) is 6.61 Å². The van der Waals surface area contributed by atoms with E-state index in [1.54, 1.807) is 10.7 Å². The van der Waals surface area contributed by atoms with Crippen molar-refractivity contribution in [2.45, 2.75) is 25.5 Å². The SMILES string of the molecule is N#Cc1nnn(Cc2cccc(F)c2)c1C1CCCO1.